The van der Waals surface area contributed by atoms with Crippen LogP contribution in [-0.2, 0) is 9.59 Å². The predicted octanol–water partition coefficient (Wildman–Crippen LogP) is 3.58. The highest BCUT2D eigenvalue weighted by Crippen LogP contribution is 2.28. The fourth-order valence-corrected chi connectivity index (χ4v) is 2.79. The number of nitrogens with zero attached hydrogens (tertiary/aromatic N) is 2. The van der Waals surface area contributed by atoms with E-state index in [4.69, 9.17) is 16.3 Å². The van der Waals surface area contributed by atoms with Gasteiger partial charge in [-0.2, -0.15) is 0 Å². The van der Waals surface area contributed by atoms with Crippen LogP contribution in [0, 0.1) is 0 Å². The first-order valence-corrected chi connectivity index (χ1v) is 9.06. The highest BCUT2D eigenvalue weighted by Gasteiger charge is 2.36. The molecule has 0 unspecified atom stereocenters. The number of halogens is 1. The third kappa shape index (κ3) is 4.04. The van der Waals surface area contributed by atoms with Crippen LogP contribution in [0.4, 0.5) is 10.5 Å². The van der Waals surface area contributed by atoms with Gasteiger partial charge in [-0.15, -0.1) is 0 Å². The number of urea groups is 1. The van der Waals surface area contributed by atoms with E-state index in [9.17, 15) is 14.4 Å². The fraction of sp³-hybridized carbons (Fsp3) is 0.200. The molecule has 1 aromatic heterocycles. The highest BCUT2D eigenvalue weighted by atomic mass is 35.5. The first kappa shape index (κ1) is 19.6. The Bertz CT molecular complexity index is 959. The van der Waals surface area contributed by atoms with Gasteiger partial charge in [0, 0.05) is 12.4 Å². The minimum atomic E-state index is -0.811. The van der Waals surface area contributed by atoms with E-state index >= 15 is 0 Å². The molecule has 144 valence electrons. The van der Waals surface area contributed by atoms with Crippen LogP contribution in [0.5, 0.6) is 5.75 Å². The molecule has 1 saturated heterocycles. The molecule has 2 heterocycles. The van der Waals surface area contributed by atoms with Crippen LogP contribution in [0.2, 0.25) is 5.02 Å². The number of carbonyl (C=O) groups is 3. The molecule has 4 amide bonds. The third-order valence-electron chi connectivity index (χ3n) is 4.19. The summed E-state index contributed by atoms with van der Waals surface area (Å²) in [6.07, 6.45) is 5.12. The zero-order valence-corrected chi connectivity index (χ0v) is 16.1. The lowest BCUT2D eigenvalue weighted by Gasteiger charge is -2.26. The molecule has 2 aromatic rings. The molecule has 0 bridgehead atoms. The van der Waals surface area contributed by atoms with Gasteiger partial charge in [0.25, 0.3) is 11.8 Å². The van der Waals surface area contributed by atoms with Crippen LogP contribution in [0.25, 0.3) is 6.08 Å². The van der Waals surface area contributed by atoms with Crippen molar-refractivity contribution in [2.24, 2.45) is 0 Å². The van der Waals surface area contributed by atoms with E-state index in [1.165, 1.54) is 30.6 Å². The van der Waals surface area contributed by atoms with Gasteiger partial charge in [0.15, 0.2) is 0 Å². The number of imide groups is 2. The Morgan fingerprint density at radius 2 is 1.93 bits per heavy atom. The largest absolute Gasteiger partial charge is 0.489 e. The number of carbonyl (C=O) groups excluding carboxylic acids is 3. The number of hydrogen-bond donors (Lipinski definition) is 1. The molecule has 1 atom stereocenters. The van der Waals surface area contributed by atoms with Crippen LogP contribution in [0.1, 0.15) is 25.8 Å². The molecule has 1 N–H and O–H groups in total. The molecule has 7 nitrogen and oxygen atoms in total. The Labute approximate surface area is 167 Å². The van der Waals surface area contributed by atoms with Crippen molar-refractivity contribution >= 4 is 41.2 Å². The van der Waals surface area contributed by atoms with Crippen LogP contribution in [0.3, 0.4) is 0 Å². The molecule has 28 heavy (non-hydrogen) atoms. The zero-order valence-electron chi connectivity index (χ0n) is 15.3. The number of barbiturate groups is 1. The molecular formula is C20H18ClN3O4. The summed E-state index contributed by atoms with van der Waals surface area (Å²) in [4.78, 5) is 41.9. The lowest BCUT2D eigenvalue weighted by molar-refractivity contribution is -0.122. The molecule has 0 spiro atoms. The number of nitrogens with one attached hydrogen (secondary N) is 1. The van der Waals surface area contributed by atoms with Crippen LogP contribution in [0.15, 0.2) is 48.3 Å². The summed E-state index contributed by atoms with van der Waals surface area (Å²) in [5.41, 5.74) is 0.665. The molecule has 0 radical (unpaired) electrons. The predicted molar refractivity (Wildman–Crippen MR) is 105 cm³/mol. The number of amides is 4. The van der Waals surface area contributed by atoms with Gasteiger partial charge in [-0.3, -0.25) is 19.9 Å². The number of ether oxygens (including phenoxy) is 1. The summed E-state index contributed by atoms with van der Waals surface area (Å²) in [6.45, 7) is 3.93. The molecule has 3 rings (SSSR count). The second kappa shape index (κ2) is 8.22. The normalized spacial score (nSPS) is 16.9. The molecule has 8 heteroatoms. The summed E-state index contributed by atoms with van der Waals surface area (Å²) in [7, 11) is 0. The van der Waals surface area contributed by atoms with Crippen LogP contribution < -0.4 is 15.0 Å². The Hall–Kier alpha value is -3.19. The smallest absolute Gasteiger partial charge is 0.335 e. The standard InChI is InChI=1S/C20H18ClN3O4/c1-3-12(2)28-17-5-4-13(11-16(17)21)10-15-18(25)23-20(27)24(19(15)26)14-6-8-22-9-7-14/h4-12H,3H2,1-2H3,(H,23,25,27)/b15-10+/t12-/m0/s1. The number of pyridine rings is 1. The maximum atomic E-state index is 12.8. The number of hydrogen-bond acceptors (Lipinski definition) is 5. The number of benzene rings is 1. The van der Waals surface area contributed by atoms with Crippen molar-refractivity contribution in [2.45, 2.75) is 26.4 Å². The minimum Gasteiger partial charge on any atom is -0.489 e. The van der Waals surface area contributed by atoms with Crippen molar-refractivity contribution in [3.05, 3.63) is 58.9 Å². The molecule has 1 aromatic carbocycles. The van der Waals surface area contributed by atoms with Gasteiger partial charge in [-0.1, -0.05) is 24.6 Å². The number of rotatable bonds is 5. The summed E-state index contributed by atoms with van der Waals surface area (Å²) < 4.78 is 5.71. The number of anilines is 1. The Morgan fingerprint density at radius 3 is 2.57 bits per heavy atom. The summed E-state index contributed by atoms with van der Waals surface area (Å²) in [5.74, 6) is -0.974. The maximum Gasteiger partial charge on any atom is 0.335 e. The SMILES string of the molecule is CC[C@H](C)Oc1ccc(/C=C2\C(=O)NC(=O)N(c3ccncc3)C2=O)cc1Cl. The summed E-state index contributed by atoms with van der Waals surface area (Å²) in [5, 5.41) is 2.53. The molecular weight excluding hydrogens is 382 g/mol. The average molecular weight is 400 g/mol. The fourth-order valence-electron chi connectivity index (χ4n) is 2.55. The van der Waals surface area contributed by atoms with E-state index in [2.05, 4.69) is 10.3 Å². The molecule has 0 aliphatic carbocycles. The topological polar surface area (TPSA) is 88.6 Å². The first-order valence-electron chi connectivity index (χ1n) is 8.68. The Balaban J connectivity index is 1.92. The van der Waals surface area contributed by atoms with Crippen molar-refractivity contribution in [1.29, 1.82) is 0 Å². The third-order valence-corrected chi connectivity index (χ3v) is 4.49. The second-order valence-corrected chi connectivity index (χ2v) is 6.60. The molecule has 1 fully saturated rings. The van der Waals surface area contributed by atoms with Gasteiger partial charge in [0.05, 0.1) is 16.8 Å². The summed E-state index contributed by atoms with van der Waals surface area (Å²) >= 11 is 6.26. The lowest BCUT2D eigenvalue weighted by Crippen LogP contribution is -2.54. The van der Waals surface area contributed by atoms with Crippen molar-refractivity contribution in [1.82, 2.24) is 10.3 Å². The van der Waals surface area contributed by atoms with Crippen LogP contribution >= 0.6 is 11.6 Å². The maximum absolute atomic E-state index is 12.8. The molecule has 1 aliphatic rings. The minimum absolute atomic E-state index is 0.00679. The Morgan fingerprint density at radius 1 is 1.21 bits per heavy atom. The van der Waals surface area contributed by atoms with E-state index < -0.39 is 17.8 Å². The van der Waals surface area contributed by atoms with E-state index in [1.807, 2.05) is 13.8 Å². The average Bonchev–Trinajstić information content (AvgIpc) is 2.67. The van der Waals surface area contributed by atoms with E-state index in [1.54, 1.807) is 18.2 Å². The molecule has 0 saturated carbocycles. The van der Waals surface area contributed by atoms with Gasteiger partial charge in [-0.05, 0) is 49.2 Å². The highest BCUT2D eigenvalue weighted by molar-refractivity contribution is 6.39. The molecule has 1 aliphatic heterocycles. The monoisotopic (exact) mass is 399 g/mol. The van der Waals surface area contributed by atoms with Gasteiger partial charge < -0.3 is 4.74 Å². The van der Waals surface area contributed by atoms with Gasteiger partial charge >= 0.3 is 6.03 Å². The lowest BCUT2D eigenvalue weighted by atomic mass is 10.1. The van der Waals surface area contributed by atoms with Gasteiger partial charge in [-0.25, -0.2) is 9.69 Å². The van der Waals surface area contributed by atoms with E-state index in [0.717, 1.165) is 11.3 Å². The number of aromatic nitrogens is 1. The van der Waals surface area contributed by atoms with Crippen molar-refractivity contribution in [2.75, 3.05) is 4.90 Å². The van der Waals surface area contributed by atoms with Crippen molar-refractivity contribution < 1.29 is 19.1 Å². The van der Waals surface area contributed by atoms with Gasteiger partial charge in [0.1, 0.15) is 11.3 Å². The van der Waals surface area contributed by atoms with Gasteiger partial charge in [0.2, 0.25) is 0 Å². The quantitative estimate of drug-likeness (QED) is 0.613. The zero-order chi connectivity index (χ0) is 20.3. The van der Waals surface area contributed by atoms with Crippen LogP contribution in [-0.4, -0.2) is 28.9 Å². The first-order chi connectivity index (χ1) is 13.4. The van der Waals surface area contributed by atoms with Crippen molar-refractivity contribution in [3.8, 4) is 5.75 Å². The van der Waals surface area contributed by atoms with E-state index in [-0.39, 0.29) is 11.7 Å². The summed E-state index contributed by atoms with van der Waals surface area (Å²) in [6, 6.07) is 7.15. The Kier molecular flexibility index (Phi) is 5.75. The second-order valence-electron chi connectivity index (χ2n) is 6.19. The van der Waals surface area contributed by atoms with Crippen molar-refractivity contribution in [3.63, 3.8) is 0 Å². The van der Waals surface area contributed by atoms with E-state index in [0.29, 0.717) is 22.0 Å².